The van der Waals surface area contributed by atoms with Crippen molar-refractivity contribution >= 4 is 11.7 Å². The van der Waals surface area contributed by atoms with Crippen LogP contribution in [-0.4, -0.2) is 27.3 Å². The molecule has 0 saturated carbocycles. The smallest absolute Gasteiger partial charge is 0.322 e. The number of hydrogen-bond donors (Lipinski definition) is 1. The van der Waals surface area contributed by atoms with E-state index in [0.717, 1.165) is 11.1 Å². The highest BCUT2D eigenvalue weighted by Crippen LogP contribution is 2.41. The Balaban J connectivity index is 2.34. The van der Waals surface area contributed by atoms with E-state index in [1.54, 1.807) is 32.2 Å². The molecule has 0 bridgehead atoms. The molecule has 0 aliphatic carbocycles. The molecule has 154 valence electrons. The van der Waals surface area contributed by atoms with E-state index < -0.39 is 5.54 Å². The minimum Gasteiger partial charge on any atom is -0.497 e. The second kappa shape index (κ2) is 9.18. The molecule has 0 fully saturated rings. The normalized spacial score (nSPS) is 12.4. The molecular weight excluding hydrogens is 376 g/mol. The topological polar surface area (TPSA) is 50.8 Å². The standard InChI is InChI=1S/C25H26N2O3/c1-5-25(19-10-7-6-8-11-19,20-12-9-13-23(18-20)30-4)27(24(28)26-2)21-14-16-22(29-3)17-15-21/h5-18H,1H2,2-4H3,(H,26,28)/t25-/m1/s1. The highest BCUT2D eigenvalue weighted by atomic mass is 16.5. The van der Waals surface area contributed by atoms with E-state index in [0.29, 0.717) is 17.2 Å². The minimum atomic E-state index is -0.982. The van der Waals surface area contributed by atoms with E-state index in [9.17, 15) is 4.79 Å². The van der Waals surface area contributed by atoms with E-state index in [4.69, 9.17) is 9.47 Å². The maximum Gasteiger partial charge on any atom is 0.322 e. The van der Waals surface area contributed by atoms with Gasteiger partial charge in [0.05, 0.1) is 14.2 Å². The Kier molecular flexibility index (Phi) is 6.42. The van der Waals surface area contributed by atoms with Crippen LogP contribution >= 0.6 is 0 Å². The summed E-state index contributed by atoms with van der Waals surface area (Å²) in [5, 5.41) is 2.78. The lowest BCUT2D eigenvalue weighted by Crippen LogP contribution is -2.52. The third kappa shape index (κ3) is 3.74. The maximum absolute atomic E-state index is 13.3. The van der Waals surface area contributed by atoms with Crippen LogP contribution in [0.4, 0.5) is 10.5 Å². The Morgan fingerprint density at radius 3 is 2.10 bits per heavy atom. The summed E-state index contributed by atoms with van der Waals surface area (Å²) in [5.74, 6) is 1.40. The fourth-order valence-corrected chi connectivity index (χ4v) is 3.63. The van der Waals surface area contributed by atoms with Crippen LogP contribution in [-0.2, 0) is 5.54 Å². The van der Waals surface area contributed by atoms with Gasteiger partial charge >= 0.3 is 6.03 Å². The highest BCUT2D eigenvalue weighted by Gasteiger charge is 2.41. The zero-order valence-electron chi connectivity index (χ0n) is 17.5. The van der Waals surface area contributed by atoms with Gasteiger partial charge in [0.25, 0.3) is 0 Å². The van der Waals surface area contributed by atoms with Gasteiger partial charge in [0.15, 0.2) is 0 Å². The summed E-state index contributed by atoms with van der Waals surface area (Å²) < 4.78 is 10.8. The van der Waals surface area contributed by atoms with Crippen LogP contribution in [0.1, 0.15) is 11.1 Å². The van der Waals surface area contributed by atoms with Crippen LogP contribution < -0.4 is 19.7 Å². The molecule has 5 nitrogen and oxygen atoms in total. The summed E-state index contributed by atoms with van der Waals surface area (Å²) >= 11 is 0. The van der Waals surface area contributed by atoms with Crippen LogP contribution in [0.25, 0.3) is 0 Å². The largest absolute Gasteiger partial charge is 0.497 e. The lowest BCUT2D eigenvalue weighted by Gasteiger charge is -2.42. The fraction of sp³-hybridized carbons (Fsp3) is 0.160. The van der Waals surface area contributed by atoms with Crippen molar-refractivity contribution in [2.75, 3.05) is 26.2 Å². The van der Waals surface area contributed by atoms with Gasteiger partial charge in [-0.2, -0.15) is 0 Å². The molecule has 0 aliphatic heterocycles. The quantitative estimate of drug-likeness (QED) is 0.567. The van der Waals surface area contributed by atoms with Gasteiger partial charge in [-0.3, -0.25) is 4.90 Å². The van der Waals surface area contributed by atoms with Crippen molar-refractivity contribution in [3.63, 3.8) is 0 Å². The third-order valence-electron chi connectivity index (χ3n) is 5.12. The van der Waals surface area contributed by atoms with E-state index >= 15 is 0 Å². The number of urea groups is 1. The van der Waals surface area contributed by atoms with Crippen LogP contribution in [0.5, 0.6) is 11.5 Å². The van der Waals surface area contributed by atoms with E-state index in [1.165, 1.54) is 0 Å². The summed E-state index contributed by atoms with van der Waals surface area (Å²) in [7, 11) is 4.85. The lowest BCUT2D eigenvalue weighted by molar-refractivity contribution is 0.244. The number of hydrogen-bond acceptors (Lipinski definition) is 3. The summed E-state index contributed by atoms with van der Waals surface area (Å²) in [5.41, 5.74) is 1.46. The second-order valence-electron chi connectivity index (χ2n) is 6.66. The number of anilines is 1. The molecule has 1 atom stereocenters. The van der Waals surface area contributed by atoms with E-state index in [-0.39, 0.29) is 6.03 Å². The maximum atomic E-state index is 13.3. The van der Waals surface area contributed by atoms with E-state index in [2.05, 4.69) is 11.9 Å². The van der Waals surface area contributed by atoms with Crippen molar-refractivity contribution in [3.05, 3.63) is 103 Å². The Morgan fingerprint density at radius 1 is 0.900 bits per heavy atom. The molecule has 0 saturated heterocycles. The van der Waals surface area contributed by atoms with Crippen molar-refractivity contribution in [3.8, 4) is 11.5 Å². The van der Waals surface area contributed by atoms with Crippen molar-refractivity contribution in [2.24, 2.45) is 0 Å². The van der Waals surface area contributed by atoms with Gasteiger partial charge in [-0.1, -0.05) is 48.5 Å². The number of nitrogens with one attached hydrogen (secondary N) is 1. The number of carbonyl (C=O) groups is 1. The first-order chi connectivity index (χ1) is 14.6. The molecule has 0 spiro atoms. The first-order valence-electron chi connectivity index (χ1n) is 9.60. The van der Waals surface area contributed by atoms with Gasteiger partial charge in [-0.15, -0.1) is 6.58 Å². The molecule has 0 heterocycles. The Labute approximate surface area is 177 Å². The summed E-state index contributed by atoms with van der Waals surface area (Å²) in [4.78, 5) is 15.0. The fourth-order valence-electron chi connectivity index (χ4n) is 3.63. The molecular formula is C25H26N2O3. The molecule has 0 aromatic heterocycles. The van der Waals surface area contributed by atoms with Crippen LogP contribution in [0, 0.1) is 0 Å². The van der Waals surface area contributed by atoms with Gasteiger partial charge in [0.1, 0.15) is 17.0 Å². The molecule has 0 aliphatic rings. The van der Waals surface area contributed by atoms with Crippen LogP contribution in [0.15, 0.2) is 91.5 Å². The molecule has 0 radical (unpaired) electrons. The number of nitrogens with zero attached hydrogens (tertiary/aromatic N) is 1. The van der Waals surface area contributed by atoms with Crippen LogP contribution in [0.3, 0.4) is 0 Å². The Bertz CT molecular complexity index is 1000. The van der Waals surface area contributed by atoms with Crippen molar-refractivity contribution in [1.29, 1.82) is 0 Å². The molecule has 3 rings (SSSR count). The lowest BCUT2D eigenvalue weighted by atomic mass is 9.80. The van der Waals surface area contributed by atoms with Gasteiger partial charge in [0, 0.05) is 12.7 Å². The SMILES string of the molecule is C=C[C@@](c1ccccc1)(c1cccc(OC)c1)N(C(=O)NC)c1ccc(OC)cc1. The predicted molar refractivity (Wildman–Crippen MR) is 120 cm³/mol. The number of benzene rings is 3. The van der Waals surface area contributed by atoms with Crippen LogP contribution in [0.2, 0.25) is 0 Å². The van der Waals surface area contributed by atoms with Gasteiger partial charge in [0.2, 0.25) is 0 Å². The predicted octanol–water partition coefficient (Wildman–Crippen LogP) is 4.98. The molecule has 5 heteroatoms. The highest BCUT2D eigenvalue weighted by molar-refractivity contribution is 5.95. The molecule has 0 unspecified atom stereocenters. The Hall–Kier alpha value is -3.73. The first-order valence-corrected chi connectivity index (χ1v) is 9.60. The summed E-state index contributed by atoms with van der Waals surface area (Å²) in [6.45, 7) is 4.15. The average molecular weight is 402 g/mol. The van der Waals surface area contributed by atoms with Crippen molar-refractivity contribution in [2.45, 2.75) is 5.54 Å². The molecule has 1 N–H and O–H groups in total. The van der Waals surface area contributed by atoms with Crippen molar-refractivity contribution < 1.29 is 14.3 Å². The monoisotopic (exact) mass is 402 g/mol. The average Bonchev–Trinajstić information content (AvgIpc) is 2.83. The number of ether oxygens (including phenoxy) is 2. The zero-order chi connectivity index (χ0) is 21.6. The summed E-state index contributed by atoms with van der Waals surface area (Å²) in [6.07, 6.45) is 1.79. The number of rotatable bonds is 7. The number of carbonyl (C=O) groups excluding carboxylic acids is 1. The van der Waals surface area contributed by atoms with Crippen molar-refractivity contribution in [1.82, 2.24) is 5.32 Å². The van der Waals surface area contributed by atoms with Gasteiger partial charge < -0.3 is 14.8 Å². The molecule has 2 amide bonds. The van der Waals surface area contributed by atoms with Gasteiger partial charge in [-0.25, -0.2) is 4.79 Å². The zero-order valence-corrected chi connectivity index (χ0v) is 17.5. The Morgan fingerprint density at radius 2 is 1.53 bits per heavy atom. The third-order valence-corrected chi connectivity index (χ3v) is 5.12. The molecule has 30 heavy (non-hydrogen) atoms. The van der Waals surface area contributed by atoms with Gasteiger partial charge in [-0.05, 0) is 47.5 Å². The molecule has 3 aromatic rings. The minimum absolute atomic E-state index is 0.272. The number of amides is 2. The number of methoxy groups -OCH3 is 2. The van der Waals surface area contributed by atoms with E-state index in [1.807, 2.05) is 78.9 Å². The first kappa shape index (κ1) is 21.0. The summed E-state index contributed by atoms with van der Waals surface area (Å²) in [6, 6.07) is 24.6. The second-order valence-corrected chi connectivity index (χ2v) is 6.66. The molecule has 3 aromatic carbocycles.